The summed E-state index contributed by atoms with van der Waals surface area (Å²) in [5.74, 6) is -15.7. The number of aliphatic carboxylic acids is 1. The molecule has 0 saturated carbocycles. The van der Waals surface area contributed by atoms with Crippen molar-refractivity contribution in [2.24, 2.45) is 11.7 Å². The molecule has 18 atom stereocenters. The minimum absolute atomic E-state index is 0.0955. The maximum Gasteiger partial charge on any atom is 0.330 e. The molecular formula is C79H101Cl2N9O24. The van der Waals surface area contributed by atoms with Gasteiger partial charge < -0.3 is 128 Å². The van der Waals surface area contributed by atoms with Gasteiger partial charge in [0.05, 0.1) is 41.3 Å². The van der Waals surface area contributed by atoms with E-state index in [1.807, 2.05) is 13.8 Å². The summed E-state index contributed by atoms with van der Waals surface area (Å²) in [4.78, 5) is 120. The second-order valence-electron chi connectivity index (χ2n) is 30.1. The number of primary amides is 1. The number of hydrogen-bond acceptors (Lipinski definition) is 25. The molecule has 0 radical (unpaired) electrons. The van der Waals surface area contributed by atoms with E-state index in [2.05, 4.69) is 49.5 Å². The third-order valence-corrected chi connectivity index (χ3v) is 21.6. The van der Waals surface area contributed by atoms with Crippen LogP contribution in [0.3, 0.4) is 0 Å². The molecule has 0 spiro atoms. The number of carbonyl (C=O) groups is 8. The van der Waals surface area contributed by atoms with Gasteiger partial charge in [-0.25, -0.2) is 4.79 Å². The van der Waals surface area contributed by atoms with Crippen LogP contribution >= 0.6 is 23.2 Å². The van der Waals surface area contributed by atoms with Crippen LogP contribution in [0.5, 0.6) is 46.0 Å². The molecule has 20 N–H and O–H groups in total. The van der Waals surface area contributed by atoms with Crippen LogP contribution in [-0.4, -0.2) is 197 Å². The summed E-state index contributed by atoms with van der Waals surface area (Å²) in [6, 6.07) is 0.0400. The molecule has 12 rings (SSSR count). The molecule has 5 aromatic rings. The Morgan fingerprint density at radius 2 is 1.26 bits per heavy atom. The summed E-state index contributed by atoms with van der Waals surface area (Å²) in [5.41, 5.74) is 2.02. The third-order valence-electron chi connectivity index (χ3n) is 21.0. The number of ether oxygens (including phenoxy) is 6. The Morgan fingerprint density at radius 3 is 1.87 bits per heavy atom. The number of likely N-dealkylation sites (N-methyl/N-ethyl adjacent to an activating group) is 1. The lowest BCUT2D eigenvalue weighted by atomic mass is 9.84. The highest BCUT2D eigenvalue weighted by atomic mass is 35.5. The second kappa shape index (κ2) is 38.5. The number of aromatic hydroxyl groups is 3. The third kappa shape index (κ3) is 20.5. The van der Waals surface area contributed by atoms with Crippen molar-refractivity contribution in [3.8, 4) is 57.1 Å². The first-order chi connectivity index (χ1) is 54.2. The summed E-state index contributed by atoms with van der Waals surface area (Å²) in [6.07, 6.45) is -6.64. The van der Waals surface area contributed by atoms with Crippen LogP contribution in [0, 0.1) is 5.92 Å². The zero-order chi connectivity index (χ0) is 82.7. The molecule has 2 fully saturated rings. The first-order valence-electron chi connectivity index (χ1n) is 38.1. The lowest BCUT2D eigenvalue weighted by Crippen LogP contribution is -2.63. The van der Waals surface area contributed by atoms with Gasteiger partial charge >= 0.3 is 5.97 Å². The van der Waals surface area contributed by atoms with Gasteiger partial charge in [0.15, 0.2) is 23.8 Å². The predicted octanol–water partition coefficient (Wildman–Crippen LogP) is 5.05. The number of benzene rings is 5. The number of carboxylic acid groups (broad SMARTS) is 1. The van der Waals surface area contributed by atoms with E-state index >= 15 is 19.2 Å². The summed E-state index contributed by atoms with van der Waals surface area (Å²) in [5, 5.41) is 135. The molecule has 0 aliphatic carbocycles. The molecule has 7 heterocycles. The zero-order valence-electron chi connectivity index (χ0n) is 63.7. The molecule has 2 unspecified atom stereocenters. The number of carbonyl (C=O) groups excluding carboxylic acids is 7. The van der Waals surface area contributed by atoms with E-state index in [1.165, 1.54) is 69.5 Å². The monoisotopic (exact) mass is 1630 g/mol. The number of nitrogens with two attached hydrogens (primary N) is 1. The minimum Gasteiger partial charge on any atom is -0.508 e. The Hall–Kier alpha value is -9.20. The van der Waals surface area contributed by atoms with E-state index in [9.17, 15) is 70.2 Å². The normalized spacial score (nSPS) is 27.4. The van der Waals surface area contributed by atoms with Gasteiger partial charge in [-0.2, -0.15) is 0 Å². The highest BCUT2D eigenvalue weighted by molar-refractivity contribution is 6.32. The first-order valence-corrected chi connectivity index (χ1v) is 38.9. The van der Waals surface area contributed by atoms with Gasteiger partial charge in [0.1, 0.15) is 95.6 Å². The average Bonchev–Trinajstić information content (AvgIpc) is 0.779. The zero-order valence-corrected chi connectivity index (χ0v) is 65.2. The topological polar surface area (TPSA) is 516 Å². The van der Waals surface area contributed by atoms with Gasteiger partial charge in [-0.15, -0.1) is 0 Å². The molecule has 35 heteroatoms. The number of rotatable bonds is 26. The van der Waals surface area contributed by atoms with Crippen LogP contribution in [0.1, 0.15) is 183 Å². The van der Waals surface area contributed by atoms with Gasteiger partial charge in [0.2, 0.25) is 53.4 Å². The molecule has 7 aliphatic heterocycles. The maximum atomic E-state index is 16.3. The van der Waals surface area contributed by atoms with Crippen LogP contribution in [0.2, 0.25) is 10.0 Å². The fourth-order valence-electron chi connectivity index (χ4n) is 14.8. The van der Waals surface area contributed by atoms with Gasteiger partial charge in [0.25, 0.3) is 0 Å². The van der Waals surface area contributed by atoms with Crippen LogP contribution in [0.25, 0.3) is 11.1 Å². The highest BCUT2D eigenvalue weighted by Gasteiger charge is 2.50. The van der Waals surface area contributed by atoms with E-state index in [4.69, 9.17) is 57.4 Å². The van der Waals surface area contributed by atoms with Crippen molar-refractivity contribution in [2.75, 3.05) is 20.2 Å². The number of aliphatic hydroxyl groups is 6. The molecule has 7 aliphatic rings. The first kappa shape index (κ1) is 87.2. The fraction of sp³-hybridized carbons (Fsp3) is 0.519. The Balaban J connectivity index is 1.18. The Kier molecular flexibility index (Phi) is 29.4. The smallest absolute Gasteiger partial charge is 0.330 e. The van der Waals surface area contributed by atoms with Crippen molar-refractivity contribution in [1.82, 2.24) is 42.5 Å². The van der Waals surface area contributed by atoms with Crippen molar-refractivity contribution < 1.29 is 118 Å². The van der Waals surface area contributed by atoms with Crippen LogP contribution in [0.4, 0.5) is 0 Å². The van der Waals surface area contributed by atoms with Crippen molar-refractivity contribution in [3.63, 3.8) is 0 Å². The number of aliphatic hydroxyl groups excluding tert-OH is 6. The number of hydrogen-bond donors (Lipinski definition) is 19. The number of fused-ring (bicyclic) bond motifs is 15. The number of nitrogens with one attached hydrogen (secondary N) is 8. The molecule has 114 heavy (non-hydrogen) atoms. The minimum atomic E-state index is -2.34. The average molecular weight is 1630 g/mol. The van der Waals surface area contributed by atoms with E-state index in [0.29, 0.717) is 6.54 Å². The summed E-state index contributed by atoms with van der Waals surface area (Å²) >= 11 is 14.4. The van der Waals surface area contributed by atoms with Gasteiger partial charge in [-0.1, -0.05) is 126 Å². The maximum absolute atomic E-state index is 16.3. The molecular weight excluding hydrogens is 1530 g/mol. The predicted molar refractivity (Wildman–Crippen MR) is 410 cm³/mol. The van der Waals surface area contributed by atoms with Crippen molar-refractivity contribution >= 4 is 70.5 Å². The SMILES string of the molecule is CCCCCCCCCCCCCN[C@@]1(C)C[C@H](O[C@@H]2c3ccc(c(Cl)c3)Oc3cc4cc(c3O[C@@H]3O[C@H](CO)[C@@H](O)[C@H](O)[C@H]3O)Oc3ccc(cc3Cl)[C@@H](O)[C@@H](NC(=O)[C@@H](CC(C)C)NC)C(=O)N[C@@H](CC(N)=O)C(=O)N[C@H]4C(=O)NC3C(=O)NC2C(=O)N[C@@H](C(=O)O)c2cc(O)cc(O)c2-c2cc3ccc2O)O[C@@H](C)[C@@H]1O. The fourth-order valence-corrected chi connectivity index (χ4v) is 15.3. The Bertz CT molecular complexity index is 4330. The van der Waals surface area contributed by atoms with Crippen molar-refractivity contribution in [1.29, 1.82) is 0 Å². The van der Waals surface area contributed by atoms with Gasteiger partial charge in [-0.3, -0.25) is 33.6 Å². The lowest BCUT2D eigenvalue weighted by Gasteiger charge is -2.47. The van der Waals surface area contributed by atoms with E-state index < -0.39 is 226 Å². The van der Waals surface area contributed by atoms with E-state index in [0.717, 1.165) is 87.1 Å². The van der Waals surface area contributed by atoms with Crippen LogP contribution in [0.15, 0.2) is 78.9 Å². The molecule has 5 aromatic carbocycles. The van der Waals surface area contributed by atoms with Gasteiger partial charge in [-0.05, 0) is 123 Å². The lowest BCUT2D eigenvalue weighted by molar-refractivity contribution is -0.277. The molecule has 7 amide bonds. The quantitative estimate of drug-likeness (QED) is 0.0322. The molecule has 0 aromatic heterocycles. The molecule has 2 saturated heterocycles. The summed E-state index contributed by atoms with van der Waals surface area (Å²) in [7, 11) is 1.48. The van der Waals surface area contributed by atoms with Crippen molar-refractivity contribution in [2.45, 2.75) is 234 Å². The number of phenolic OH excluding ortho intramolecular Hbond substituents is 3. The number of unbranched alkanes of at least 4 members (excludes halogenated alkanes) is 10. The molecule has 11 bridgehead atoms. The van der Waals surface area contributed by atoms with Crippen LogP contribution < -0.4 is 62.5 Å². The van der Waals surface area contributed by atoms with Crippen molar-refractivity contribution in [3.05, 3.63) is 117 Å². The number of phenols is 3. The number of amides is 7. The second-order valence-corrected chi connectivity index (χ2v) is 30.9. The van der Waals surface area contributed by atoms with E-state index in [1.54, 1.807) is 13.8 Å². The summed E-state index contributed by atoms with van der Waals surface area (Å²) < 4.78 is 38.9. The van der Waals surface area contributed by atoms with Crippen LogP contribution in [-0.2, 0) is 52.6 Å². The largest absolute Gasteiger partial charge is 0.508 e. The Labute approximate surface area is 667 Å². The molecule has 33 nitrogen and oxygen atoms in total. The van der Waals surface area contributed by atoms with E-state index in [-0.39, 0.29) is 57.0 Å². The Morgan fingerprint density at radius 1 is 0.667 bits per heavy atom. The highest BCUT2D eigenvalue weighted by Crippen LogP contribution is 2.50. The molecule has 620 valence electrons. The number of carboxylic acids is 1. The standard InChI is InChI=1S/C79H101Cl2N9O24/c1-7-8-9-10-11-12-13-14-15-16-17-24-84-79(5)34-57(109-37(4)70(79)100)113-68-40-20-23-52(46(81)28-40)111-54-30-41-29-53(69(54)114-78-67(99)66(98)65(97)55(35-91)112-78)110-51-22-19-39(27-45(51)80)64(96)62(89-71(101)47(83-6)25-36(2)3)75(105)85-48(33-56(82)95)72(102)86-60(41)74(104)87-59-38-18-21-49(93)43(26-38)58-44(31-42(92)32-50(58)94)61(77(107)108)88-76(106)63(68)90-73(59)103/h18-23,26-32,36-37,47-48,55,57,59-68,70,78,83-84,91-94,96-100H,7-17,24-25,33-35H2,1-6H3,(H2,82,95)(H,85,105)(H,86,102)(H,87,104)(H,88,106)(H,89,101)(H,90,103)(H,107,108)/t37-,47+,48-,55+,57-,59?,60+,61+,62+,63?,64+,65+,66-,67+,68+,70-,78-,79-/m0/s1. The van der Waals surface area contributed by atoms with Gasteiger partial charge in [0, 0.05) is 34.7 Å². The summed E-state index contributed by atoms with van der Waals surface area (Å²) in [6.45, 7) is 8.64. The number of halogens is 2.